The molecule has 27 heavy (non-hydrogen) atoms. The predicted octanol–water partition coefficient (Wildman–Crippen LogP) is 1.97. The Hall–Kier alpha value is -3.23. The molecule has 3 rings (SSSR count). The fourth-order valence-corrected chi connectivity index (χ4v) is 3.47. The number of rotatable bonds is 6. The van der Waals surface area contributed by atoms with Gasteiger partial charge in [-0.25, -0.2) is 18.6 Å². The van der Waals surface area contributed by atoms with Gasteiger partial charge in [-0.15, -0.1) is 0 Å². The van der Waals surface area contributed by atoms with Crippen molar-refractivity contribution in [2.45, 2.75) is 4.90 Å². The summed E-state index contributed by atoms with van der Waals surface area (Å²) in [7, 11) is -3.77. The Balaban J connectivity index is 1.64. The number of hydrogen-bond acceptors (Lipinski definition) is 5. The van der Waals surface area contributed by atoms with E-state index < -0.39 is 22.5 Å². The Kier molecular flexibility index (Phi) is 5.49. The van der Waals surface area contributed by atoms with Crippen molar-refractivity contribution in [2.75, 3.05) is 6.54 Å². The standard InChI is InChI=1S/C19H17N3O4S/c23-18-11-10-14-6-4-5-9-16(14)17(18)12-20-22-19(24)13-21-27(25,26)15-7-2-1-3-8-15/h1-12,21,23H,13H2,(H,22,24)/b20-12+. The fraction of sp³-hybridized carbons (Fsp3) is 0.0526. The van der Waals surface area contributed by atoms with E-state index in [-0.39, 0.29) is 10.6 Å². The van der Waals surface area contributed by atoms with Gasteiger partial charge < -0.3 is 5.11 Å². The van der Waals surface area contributed by atoms with Gasteiger partial charge in [0.15, 0.2) is 0 Å². The third kappa shape index (κ3) is 4.49. The minimum atomic E-state index is -3.77. The zero-order valence-electron chi connectivity index (χ0n) is 14.2. The van der Waals surface area contributed by atoms with Crippen molar-refractivity contribution in [1.29, 1.82) is 0 Å². The summed E-state index contributed by atoms with van der Waals surface area (Å²) in [6.45, 7) is -0.462. The van der Waals surface area contributed by atoms with Crippen LogP contribution in [-0.2, 0) is 14.8 Å². The highest BCUT2D eigenvalue weighted by Gasteiger charge is 2.14. The summed E-state index contributed by atoms with van der Waals surface area (Å²) < 4.78 is 26.3. The molecule has 0 fully saturated rings. The molecule has 0 aliphatic heterocycles. The largest absolute Gasteiger partial charge is 0.507 e. The first-order valence-electron chi connectivity index (χ1n) is 8.05. The number of fused-ring (bicyclic) bond motifs is 1. The van der Waals surface area contributed by atoms with E-state index in [0.717, 1.165) is 10.8 Å². The van der Waals surface area contributed by atoms with Crippen LogP contribution in [0.25, 0.3) is 10.8 Å². The van der Waals surface area contributed by atoms with Crippen LogP contribution in [0.2, 0.25) is 0 Å². The van der Waals surface area contributed by atoms with Crippen molar-refractivity contribution >= 4 is 32.9 Å². The van der Waals surface area contributed by atoms with Crippen molar-refractivity contribution in [1.82, 2.24) is 10.1 Å². The van der Waals surface area contributed by atoms with Crippen LogP contribution in [0.1, 0.15) is 5.56 Å². The molecule has 0 atom stereocenters. The molecule has 0 radical (unpaired) electrons. The van der Waals surface area contributed by atoms with Gasteiger partial charge in [-0.2, -0.15) is 5.10 Å². The third-order valence-corrected chi connectivity index (χ3v) is 5.22. The van der Waals surface area contributed by atoms with E-state index in [1.165, 1.54) is 18.3 Å². The summed E-state index contributed by atoms with van der Waals surface area (Å²) in [5.74, 6) is -0.609. The first-order valence-corrected chi connectivity index (χ1v) is 9.53. The number of amides is 1. The van der Waals surface area contributed by atoms with E-state index in [4.69, 9.17) is 0 Å². The normalized spacial score (nSPS) is 11.7. The smallest absolute Gasteiger partial charge is 0.255 e. The molecular weight excluding hydrogens is 366 g/mol. The number of phenolic OH excluding ortho intramolecular Hbond substituents is 1. The number of carbonyl (C=O) groups excluding carboxylic acids is 1. The Bertz CT molecular complexity index is 1100. The molecule has 8 heteroatoms. The number of sulfonamides is 1. The molecule has 7 nitrogen and oxygen atoms in total. The Morgan fingerprint density at radius 1 is 1.00 bits per heavy atom. The van der Waals surface area contributed by atoms with Crippen LogP contribution >= 0.6 is 0 Å². The van der Waals surface area contributed by atoms with Crippen LogP contribution in [-0.4, -0.2) is 32.2 Å². The summed E-state index contributed by atoms with van der Waals surface area (Å²) >= 11 is 0. The van der Waals surface area contributed by atoms with Crippen LogP contribution in [0, 0.1) is 0 Å². The molecule has 0 bridgehead atoms. The molecule has 0 heterocycles. The van der Waals surface area contributed by atoms with Gasteiger partial charge in [-0.3, -0.25) is 4.79 Å². The molecule has 0 aliphatic rings. The predicted molar refractivity (Wildman–Crippen MR) is 103 cm³/mol. The first-order chi connectivity index (χ1) is 13.0. The van der Waals surface area contributed by atoms with Gasteiger partial charge in [-0.05, 0) is 29.0 Å². The summed E-state index contributed by atoms with van der Waals surface area (Å²) in [6.07, 6.45) is 1.32. The zero-order valence-corrected chi connectivity index (χ0v) is 15.0. The number of benzene rings is 3. The highest BCUT2D eigenvalue weighted by Crippen LogP contribution is 2.25. The van der Waals surface area contributed by atoms with E-state index in [9.17, 15) is 18.3 Å². The number of nitrogens with one attached hydrogen (secondary N) is 2. The molecular formula is C19H17N3O4S. The summed E-state index contributed by atoms with van der Waals surface area (Å²) in [4.78, 5) is 11.9. The van der Waals surface area contributed by atoms with Crippen LogP contribution in [0.5, 0.6) is 5.75 Å². The van der Waals surface area contributed by atoms with Gasteiger partial charge in [0.05, 0.1) is 17.7 Å². The quantitative estimate of drug-likeness (QED) is 0.447. The Labute approximate surface area is 156 Å². The van der Waals surface area contributed by atoms with Crippen molar-refractivity contribution in [3.8, 4) is 5.75 Å². The molecule has 1 amide bonds. The second-order valence-corrected chi connectivity index (χ2v) is 7.42. The van der Waals surface area contributed by atoms with Gasteiger partial charge in [0.2, 0.25) is 10.0 Å². The zero-order chi connectivity index (χ0) is 19.3. The fourth-order valence-electron chi connectivity index (χ4n) is 2.47. The number of aromatic hydroxyl groups is 1. The van der Waals surface area contributed by atoms with Gasteiger partial charge in [0.1, 0.15) is 5.75 Å². The van der Waals surface area contributed by atoms with Gasteiger partial charge in [-0.1, -0.05) is 48.5 Å². The lowest BCUT2D eigenvalue weighted by Crippen LogP contribution is -2.34. The average molecular weight is 383 g/mol. The molecule has 0 unspecified atom stereocenters. The van der Waals surface area contributed by atoms with Crippen LogP contribution in [0.15, 0.2) is 76.7 Å². The lowest BCUT2D eigenvalue weighted by molar-refractivity contribution is -0.119. The van der Waals surface area contributed by atoms with E-state index in [0.29, 0.717) is 5.56 Å². The number of carbonyl (C=O) groups is 1. The van der Waals surface area contributed by atoms with Crippen LogP contribution in [0.4, 0.5) is 0 Å². The van der Waals surface area contributed by atoms with E-state index in [1.54, 1.807) is 30.3 Å². The highest BCUT2D eigenvalue weighted by atomic mass is 32.2. The van der Waals surface area contributed by atoms with Crippen molar-refractivity contribution in [2.24, 2.45) is 5.10 Å². The molecule has 0 saturated carbocycles. The Morgan fingerprint density at radius 3 is 2.48 bits per heavy atom. The number of hydrazone groups is 1. The molecule has 0 spiro atoms. The third-order valence-electron chi connectivity index (χ3n) is 3.81. The molecule has 0 aliphatic carbocycles. The van der Waals surface area contributed by atoms with Crippen molar-refractivity contribution in [3.63, 3.8) is 0 Å². The molecule has 0 saturated heterocycles. The highest BCUT2D eigenvalue weighted by molar-refractivity contribution is 7.89. The summed E-state index contributed by atoms with van der Waals surface area (Å²) in [6, 6.07) is 18.5. The monoisotopic (exact) mass is 383 g/mol. The number of hydrogen-bond donors (Lipinski definition) is 3. The minimum absolute atomic E-state index is 0.0245. The van der Waals surface area contributed by atoms with Gasteiger partial charge in [0, 0.05) is 5.56 Å². The average Bonchev–Trinajstić information content (AvgIpc) is 2.69. The topological polar surface area (TPSA) is 108 Å². The molecule has 138 valence electrons. The summed E-state index contributed by atoms with van der Waals surface area (Å²) in [5, 5.41) is 15.5. The summed E-state index contributed by atoms with van der Waals surface area (Å²) in [5.41, 5.74) is 2.70. The van der Waals surface area contributed by atoms with E-state index >= 15 is 0 Å². The second kappa shape index (κ2) is 7.98. The first kappa shape index (κ1) is 18.6. The van der Waals surface area contributed by atoms with E-state index in [1.807, 2.05) is 24.3 Å². The number of phenols is 1. The maximum Gasteiger partial charge on any atom is 0.255 e. The van der Waals surface area contributed by atoms with Crippen LogP contribution < -0.4 is 10.1 Å². The lowest BCUT2D eigenvalue weighted by atomic mass is 10.0. The maximum atomic E-state index is 12.1. The maximum absolute atomic E-state index is 12.1. The number of nitrogens with zero attached hydrogens (tertiary/aromatic N) is 1. The molecule has 3 aromatic carbocycles. The van der Waals surface area contributed by atoms with Crippen molar-refractivity contribution < 1.29 is 18.3 Å². The minimum Gasteiger partial charge on any atom is -0.507 e. The van der Waals surface area contributed by atoms with E-state index in [2.05, 4.69) is 15.2 Å². The van der Waals surface area contributed by atoms with Gasteiger partial charge in [0.25, 0.3) is 5.91 Å². The van der Waals surface area contributed by atoms with Gasteiger partial charge >= 0.3 is 0 Å². The molecule has 0 aromatic heterocycles. The second-order valence-electron chi connectivity index (χ2n) is 5.65. The lowest BCUT2D eigenvalue weighted by Gasteiger charge is -2.06. The van der Waals surface area contributed by atoms with Crippen LogP contribution in [0.3, 0.4) is 0 Å². The van der Waals surface area contributed by atoms with Crippen molar-refractivity contribution in [3.05, 3.63) is 72.3 Å². The SMILES string of the molecule is O=C(CNS(=O)(=O)c1ccccc1)N/N=C/c1c(O)ccc2ccccc12. The Morgan fingerprint density at radius 2 is 1.70 bits per heavy atom. The molecule has 3 aromatic rings. The molecule has 3 N–H and O–H groups in total.